The number of para-hydroxylation sites is 1. The van der Waals surface area contributed by atoms with Gasteiger partial charge in [-0.15, -0.1) is 0 Å². The van der Waals surface area contributed by atoms with Gasteiger partial charge in [0.05, 0.1) is 16.3 Å². The highest BCUT2D eigenvalue weighted by Crippen LogP contribution is 2.37. The van der Waals surface area contributed by atoms with Crippen molar-refractivity contribution in [3.05, 3.63) is 28.8 Å². The lowest BCUT2D eigenvalue weighted by Gasteiger charge is -2.32. The van der Waals surface area contributed by atoms with Crippen LogP contribution in [-0.2, 0) is 0 Å². The van der Waals surface area contributed by atoms with Gasteiger partial charge in [-0.1, -0.05) is 30.5 Å². The number of anilines is 1. The number of carbonyl (C=O) groups is 1. The Kier molecular flexibility index (Phi) is 3.40. The lowest BCUT2D eigenvalue weighted by atomic mass is 9.85. The van der Waals surface area contributed by atoms with Crippen LogP contribution in [0.3, 0.4) is 0 Å². The van der Waals surface area contributed by atoms with Crippen molar-refractivity contribution in [2.45, 2.75) is 38.1 Å². The number of benzene rings is 1. The second-order valence-electron chi connectivity index (χ2n) is 5.60. The average Bonchev–Trinajstić information content (AvgIpc) is 2.85. The first-order valence-electron chi connectivity index (χ1n) is 7.03. The molecule has 1 aliphatic carbocycles. The summed E-state index contributed by atoms with van der Waals surface area (Å²) in [6.45, 7) is 0.861. The van der Waals surface area contributed by atoms with Gasteiger partial charge in [-0.25, -0.2) is 0 Å². The van der Waals surface area contributed by atoms with Gasteiger partial charge < -0.3 is 10.6 Å². The maximum atomic E-state index is 12.7. The molecule has 0 radical (unpaired) electrons. The van der Waals surface area contributed by atoms with Crippen molar-refractivity contribution in [2.24, 2.45) is 5.92 Å². The summed E-state index contributed by atoms with van der Waals surface area (Å²) < 4.78 is 0. The molecule has 102 valence electrons. The van der Waals surface area contributed by atoms with Gasteiger partial charge in [0.2, 0.25) is 0 Å². The quantitative estimate of drug-likeness (QED) is 0.801. The monoisotopic (exact) mass is 278 g/mol. The van der Waals surface area contributed by atoms with Crippen LogP contribution in [0.15, 0.2) is 18.2 Å². The summed E-state index contributed by atoms with van der Waals surface area (Å²) in [6, 6.07) is 5.71. The molecule has 3 nitrogen and oxygen atoms in total. The van der Waals surface area contributed by atoms with Crippen molar-refractivity contribution < 1.29 is 4.79 Å². The molecule has 2 atom stereocenters. The Balaban J connectivity index is 1.86. The number of fused-ring (bicyclic) bond motifs is 1. The zero-order chi connectivity index (χ0) is 13.4. The molecule has 0 bridgehead atoms. The first kappa shape index (κ1) is 12.8. The van der Waals surface area contributed by atoms with Gasteiger partial charge in [-0.05, 0) is 37.3 Å². The molecule has 19 heavy (non-hydrogen) atoms. The number of nitrogen functional groups attached to an aromatic ring is 1. The predicted octanol–water partition coefficient (Wildman–Crippen LogP) is 3.33. The van der Waals surface area contributed by atoms with Crippen LogP contribution in [0.2, 0.25) is 5.02 Å². The van der Waals surface area contributed by atoms with E-state index in [9.17, 15) is 4.79 Å². The highest BCUT2D eigenvalue weighted by atomic mass is 35.5. The van der Waals surface area contributed by atoms with E-state index in [1.165, 1.54) is 19.3 Å². The summed E-state index contributed by atoms with van der Waals surface area (Å²) in [6.07, 6.45) is 6.08. The molecule has 1 saturated heterocycles. The summed E-state index contributed by atoms with van der Waals surface area (Å²) in [5.74, 6) is 0.743. The molecule has 0 spiro atoms. The number of hydrogen-bond donors (Lipinski definition) is 1. The maximum Gasteiger partial charge on any atom is 0.256 e. The Morgan fingerprint density at radius 2 is 2.05 bits per heavy atom. The predicted molar refractivity (Wildman–Crippen MR) is 77.3 cm³/mol. The molecule has 4 heteroatoms. The third kappa shape index (κ3) is 2.20. The molecule has 2 N–H and O–H groups in total. The number of rotatable bonds is 1. The summed E-state index contributed by atoms with van der Waals surface area (Å²) in [5, 5.41) is 0.463. The van der Waals surface area contributed by atoms with Crippen molar-refractivity contribution in [2.75, 3.05) is 12.3 Å². The lowest BCUT2D eigenvalue weighted by molar-refractivity contribution is 0.0691. The first-order valence-corrected chi connectivity index (χ1v) is 7.41. The number of amides is 1. The average molecular weight is 279 g/mol. The molecule has 1 aromatic carbocycles. The molecule has 3 rings (SSSR count). The highest BCUT2D eigenvalue weighted by molar-refractivity contribution is 6.33. The van der Waals surface area contributed by atoms with E-state index in [1.807, 2.05) is 4.90 Å². The smallest absolute Gasteiger partial charge is 0.256 e. The molecule has 2 fully saturated rings. The van der Waals surface area contributed by atoms with Gasteiger partial charge in [0.1, 0.15) is 0 Å². The molecule has 1 saturated carbocycles. The largest absolute Gasteiger partial charge is 0.397 e. The lowest BCUT2D eigenvalue weighted by Crippen LogP contribution is -2.39. The standard InChI is InChI=1S/C15H19ClN2O/c16-12-6-3-5-11(14(12)17)15(19)18-9-8-10-4-1-2-7-13(10)18/h3,5-6,10,13H,1-2,4,7-9,17H2. The number of halogens is 1. The third-order valence-electron chi connectivity index (χ3n) is 4.55. The first-order chi connectivity index (χ1) is 9.18. The molecule has 2 unspecified atom stereocenters. The van der Waals surface area contributed by atoms with E-state index in [4.69, 9.17) is 17.3 Å². The minimum absolute atomic E-state index is 0.0504. The topological polar surface area (TPSA) is 46.3 Å². The van der Waals surface area contributed by atoms with Crippen LogP contribution in [0, 0.1) is 5.92 Å². The van der Waals surface area contributed by atoms with E-state index < -0.39 is 0 Å². The van der Waals surface area contributed by atoms with Crippen LogP contribution < -0.4 is 5.73 Å². The molecule has 1 heterocycles. The fraction of sp³-hybridized carbons (Fsp3) is 0.533. The summed E-state index contributed by atoms with van der Waals surface area (Å²) in [4.78, 5) is 14.7. The van der Waals surface area contributed by atoms with E-state index in [2.05, 4.69) is 0 Å². The Hall–Kier alpha value is -1.22. The third-order valence-corrected chi connectivity index (χ3v) is 4.88. The number of likely N-dealkylation sites (tertiary alicyclic amines) is 1. The number of carbonyl (C=O) groups excluding carboxylic acids is 1. The van der Waals surface area contributed by atoms with Gasteiger partial charge in [0.15, 0.2) is 0 Å². The fourth-order valence-corrected chi connectivity index (χ4v) is 3.71. The van der Waals surface area contributed by atoms with E-state index in [-0.39, 0.29) is 5.91 Å². The Bertz CT molecular complexity index is 503. The zero-order valence-corrected chi connectivity index (χ0v) is 11.7. The van der Waals surface area contributed by atoms with Gasteiger partial charge in [0.25, 0.3) is 5.91 Å². The second kappa shape index (κ2) is 5.04. The molecular formula is C15H19ClN2O. The summed E-state index contributed by atoms with van der Waals surface area (Å²) in [7, 11) is 0. The molecule has 0 aromatic heterocycles. The van der Waals surface area contributed by atoms with Gasteiger partial charge in [-0.2, -0.15) is 0 Å². The van der Waals surface area contributed by atoms with Crippen LogP contribution in [0.5, 0.6) is 0 Å². The minimum Gasteiger partial charge on any atom is -0.397 e. The number of nitrogens with two attached hydrogens (primary N) is 1. The van der Waals surface area contributed by atoms with Crippen molar-refractivity contribution in [3.63, 3.8) is 0 Å². The molecular weight excluding hydrogens is 260 g/mol. The molecule has 1 amide bonds. The summed E-state index contributed by atoms with van der Waals surface area (Å²) in [5.41, 5.74) is 6.90. The molecule has 1 aliphatic heterocycles. The number of nitrogens with zero attached hydrogens (tertiary/aromatic N) is 1. The normalized spacial score (nSPS) is 26.3. The maximum absolute atomic E-state index is 12.7. The Labute approximate surface area is 118 Å². The van der Waals surface area contributed by atoms with Gasteiger partial charge in [-0.3, -0.25) is 4.79 Å². The Morgan fingerprint density at radius 1 is 1.26 bits per heavy atom. The van der Waals surface area contributed by atoms with Gasteiger partial charge >= 0.3 is 0 Å². The minimum atomic E-state index is 0.0504. The number of hydrogen-bond acceptors (Lipinski definition) is 2. The SMILES string of the molecule is Nc1c(Cl)cccc1C(=O)N1CCC2CCCCC21. The molecule has 2 aliphatic rings. The van der Waals surface area contributed by atoms with Crippen LogP contribution >= 0.6 is 11.6 Å². The van der Waals surface area contributed by atoms with Crippen LogP contribution in [0.4, 0.5) is 5.69 Å². The van der Waals surface area contributed by atoms with Gasteiger partial charge in [0, 0.05) is 12.6 Å². The van der Waals surface area contributed by atoms with Crippen molar-refractivity contribution in [1.82, 2.24) is 4.90 Å². The fourth-order valence-electron chi connectivity index (χ4n) is 3.54. The van der Waals surface area contributed by atoms with Crippen LogP contribution in [0.25, 0.3) is 0 Å². The summed E-state index contributed by atoms with van der Waals surface area (Å²) >= 11 is 6.01. The van der Waals surface area contributed by atoms with Crippen LogP contribution in [-0.4, -0.2) is 23.4 Å². The van der Waals surface area contributed by atoms with E-state index >= 15 is 0 Å². The van der Waals surface area contributed by atoms with E-state index in [1.54, 1.807) is 18.2 Å². The van der Waals surface area contributed by atoms with Crippen LogP contribution in [0.1, 0.15) is 42.5 Å². The zero-order valence-electron chi connectivity index (χ0n) is 10.9. The highest BCUT2D eigenvalue weighted by Gasteiger charge is 2.38. The van der Waals surface area contributed by atoms with E-state index in [0.717, 1.165) is 19.4 Å². The van der Waals surface area contributed by atoms with Crippen molar-refractivity contribution in [1.29, 1.82) is 0 Å². The van der Waals surface area contributed by atoms with Crippen molar-refractivity contribution >= 4 is 23.2 Å². The van der Waals surface area contributed by atoms with E-state index in [0.29, 0.717) is 28.2 Å². The van der Waals surface area contributed by atoms with Crippen molar-refractivity contribution in [3.8, 4) is 0 Å². The molecule has 1 aromatic rings. The second-order valence-corrected chi connectivity index (χ2v) is 6.01. The Morgan fingerprint density at radius 3 is 2.89 bits per heavy atom.